The summed E-state index contributed by atoms with van der Waals surface area (Å²) >= 11 is 0. The van der Waals surface area contributed by atoms with Crippen LogP contribution in [0.3, 0.4) is 0 Å². The van der Waals surface area contributed by atoms with Crippen LogP contribution in [0.2, 0.25) is 0 Å². The predicted molar refractivity (Wildman–Crippen MR) is 121 cm³/mol. The summed E-state index contributed by atoms with van der Waals surface area (Å²) in [6.45, 7) is 6.17. The number of aryl methyl sites for hydroxylation is 1. The van der Waals surface area contributed by atoms with Crippen molar-refractivity contribution in [2.24, 2.45) is 17.3 Å². The Labute approximate surface area is 186 Å². The Balaban J connectivity index is 0.000000259. The molecule has 1 aromatic rings. The van der Waals surface area contributed by atoms with Gasteiger partial charge in [0.15, 0.2) is 0 Å². The Morgan fingerprint density at radius 2 is 1.87 bits per heavy atom. The summed E-state index contributed by atoms with van der Waals surface area (Å²) in [4.78, 5) is 0. The second kappa shape index (κ2) is 8.74. The molecule has 0 heterocycles. The molecular formula is C24H35NO5S. The second-order valence-electron chi connectivity index (χ2n) is 9.36. The van der Waals surface area contributed by atoms with E-state index in [2.05, 4.69) is 18.9 Å². The van der Waals surface area contributed by atoms with Gasteiger partial charge in [-0.1, -0.05) is 32.8 Å². The van der Waals surface area contributed by atoms with E-state index >= 15 is 0 Å². The van der Waals surface area contributed by atoms with Gasteiger partial charge in [-0.25, -0.2) is 0 Å². The lowest BCUT2D eigenvalue weighted by atomic mass is 9.53. The van der Waals surface area contributed by atoms with Crippen molar-refractivity contribution >= 4 is 10.3 Å². The van der Waals surface area contributed by atoms with Crippen LogP contribution in [0.5, 0.6) is 5.75 Å². The molecule has 0 saturated heterocycles. The van der Waals surface area contributed by atoms with Crippen molar-refractivity contribution in [3.05, 3.63) is 29.3 Å². The summed E-state index contributed by atoms with van der Waals surface area (Å²) in [6.07, 6.45) is 11.8. The van der Waals surface area contributed by atoms with E-state index in [4.69, 9.17) is 11.0 Å². The molecule has 0 bridgehead atoms. The number of benzene rings is 1. The third-order valence-corrected chi connectivity index (χ3v) is 9.30. The van der Waals surface area contributed by atoms with Crippen LogP contribution in [-0.2, 0) is 16.7 Å². The van der Waals surface area contributed by atoms with E-state index < -0.39 is 15.9 Å². The maximum atomic E-state index is 10.9. The highest BCUT2D eigenvalue weighted by Gasteiger charge is 2.61. The monoisotopic (exact) mass is 449 g/mol. The van der Waals surface area contributed by atoms with Crippen molar-refractivity contribution in [1.82, 2.24) is 4.31 Å². The average molecular weight is 450 g/mol. The first kappa shape index (κ1) is 24.1. The molecule has 0 amide bonds. The first-order valence-electron chi connectivity index (χ1n) is 11.2. The first-order chi connectivity index (χ1) is 14.5. The molecule has 2 saturated carbocycles. The maximum absolute atomic E-state index is 10.9. The van der Waals surface area contributed by atoms with Crippen molar-refractivity contribution in [3.63, 3.8) is 0 Å². The van der Waals surface area contributed by atoms with Crippen LogP contribution < -0.4 is 0 Å². The Hall–Kier alpha value is -1.59. The second-order valence-corrected chi connectivity index (χ2v) is 10.8. The summed E-state index contributed by atoms with van der Waals surface area (Å²) in [6, 6.07) is 5.87. The smallest absolute Gasteiger partial charge is 0.335 e. The fourth-order valence-electron chi connectivity index (χ4n) is 6.37. The standard InChI is InChI=1S/C20H24O2.C4H11NO3S/c1-3-20(22)11-9-18-17-6-4-13-12-14(21)5-7-15(13)16(17)8-10-19(18,20)2;1-3-5(4-2)9(6,7)8/h1,5,7,12,16-18,21-22H,4,6,8-11H2,2H3;3-4H2,1-2H3,(H,6,7,8)/t16-,17-,18+,19+,20+;/m1./s1. The number of hydrogen-bond donors (Lipinski definition) is 3. The van der Waals surface area contributed by atoms with Crippen LogP contribution in [0.4, 0.5) is 0 Å². The minimum atomic E-state index is -3.93. The molecule has 3 aliphatic rings. The maximum Gasteiger partial charge on any atom is 0.335 e. The normalized spacial score (nSPS) is 34.0. The van der Waals surface area contributed by atoms with Crippen molar-refractivity contribution in [3.8, 4) is 18.1 Å². The molecule has 0 radical (unpaired) electrons. The lowest BCUT2D eigenvalue weighted by Crippen LogP contribution is -2.50. The van der Waals surface area contributed by atoms with Gasteiger partial charge in [-0.05, 0) is 79.5 Å². The topological polar surface area (TPSA) is 98.1 Å². The summed E-state index contributed by atoms with van der Waals surface area (Å²) in [5.41, 5.74) is 1.69. The van der Waals surface area contributed by atoms with Crippen molar-refractivity contribution in [2.75, 3.05) is 13.1 Å². The fraction of sp³-hybridized carbons (Fsp3) is 0.667. The summed E-state index contributed by atoms with van der Waals surface area (Å²) < 4.78 is 29.9. The molecule has 5 atom stereocenters. The SMILES string of the molecule is C#C[C@]1(O)CC[C@H]2[C@@H]3CCc4cc(O)ccc4[C@H]3CC[C@@]21C.CCN(CC)S(=O)(=O)O. The first-order valence-corrected chi connectivity index (χ1v) is 12.6. The zero-order chi connectivity index (χ0) is 23.0. The van der Waals surface area contributed by atoms with Crippen LogP contribution in [-0.4, -0.2) is 46.2 Å². The van der Waals surface area contributed by atoms with Gasteiger partial charge in [0.2, 0.25) is 0 Å². The molecule has 0 aromatic heterocycles. The quantitative estimate of drug-likeness (QED) is 0.482. The number of hydrogen-bond acceptors (Lipinski definition) is 4. The van der Waals surface area contributed by atoms with Crippen LogP contribution in [0.25, 0.3) is 0 Å². The molecule has 0 spiro atoms. The van der Waals surface area contributed by atoms with Gasteiger partial charge >= 0.3 is 10.3 Å². The minimum absolute atomic E-state index is 0.128. The lowest BCUT2D eigenvalue weighted by molar-refractivity contribution is -0.0646. The van der Waals surface area contributed by atoms with Gasteiger partial charge in [-0.3, -0.25) is 4.55 Å². The van der Waals surface area contributed by atoms with Gasteiger partial charge in [0.05, 0.1) is 0 Å². The Bertz CT molecular complexity index is 951. The van der Waals surface area contributed by atoms with Gasteiger partial charge in [-0.15, -0.1) is 6.42 Å². The van der Waals surface area contributed by atoms with E-state index in [0.29, 0.717) is 36.6 Å². The van der Waals surface area contributed by atoms with Crippen LogP contribution in [0.1, 0.15) is 69.9 Å². The molecule has 6 nitrogen and oxygen atoms in total. The van der Waals surface area contributed by atoms with E-state index in [1.807, 2.05) is 12.1 Å². The van der Waals surface area contributed by atoms with Crippen LogP contribution in [0.15, 0.2) is 18.2 Å². The average Bonchev–Trinajstić information content (AvgIpc) is 2.99. The Morgan fingerprint density at radius 1 is 1.19 bits per heavy atom. The molecule has 2 fully saturated rings. The number of nitrogens with zero attached hydrogens (tertiary/aromatic N) is 1. The molecule has 3 aliphatic carbocycles. The molecule has 4 rings (SSSR count). The third kappa shape index (κ3) is 4.23. The molecule has 0 unspecified atom stereocenters. The zero-order valence-electron chi connectivity index (χ0n) is 18.7. The third-order valence-electron chi connectivity index (χ3n) is 8.13. The molecular weight excluding hydrogens is 414 g/mol. The van der Waals surface area contributed by atoms with Crippen LogP contribution in [0, 0.1) is 29.6 Å². The van der Waals surface area contributed by atoms with Gasteiger partial charge in [0.1, 0.15) is 11.4 Å². The number of phenolic OH excluding ortho intramolecular Hbond substituents is 1. The number of phenols is 1. The lowest BCUT2D eigenvalue weighted by Gasteiger charge is -2.52. The highest BCUT2D eigenvalue weighted by molar-refractivity contribution is 7.83. The number of aromatic hydroxyl groups is 1. The van der Waals surface area contributed by atoms with E-state index in [-0.39, 0.29) is 5.41 Å². The van der Waals surface area contributed by atoms with Crippen molar-refractivity contribution in [2.45, 2.75) is 70.8 Å². The number of rotatable bonds is 3. The summed E-state index contributed by atoms with van der Waals surface area (Å²) in [5, 5.41) is 20.6. The Morgan fingerprint density at radius 3 is 2.42 bits per heavy atom. The molecule has 0 aliphatic heterocycles. The summed E-state index contributed by atoms with van der Waals surface area (Å²) in [5.74, 6) is 4.82. The zero-order valence-corrected chi connectivity index (χ0v) is 19.5. The van der Waals surface area contributed by atoms with E-state index in [1.165, 1.54) is 11.1 Å². The highest BCUT2D eigenvalue weighted by Crippen LogP contribution is 2.64. The van der Waals surface area contributed by atoms with Gasteiger partial charge < -0.3 is 10.2 Å². The number of fused-ring (bicyclic) bond motifs is 5. The van der Waals surface area contributed by atoms with Crippen LogP contribution >= 0.6 is 0 Å². The fourth-order valence-corrected chi connectivity index (χ4v) is 7.02. The highest BCUT2D eigenvalue weighted by atomic mass is 32.2. The molecule has 3 N–H and O–H groups in total. The predicted octanol–water partition coefficient (Wildman–Crippen LogP) is 3.74. The van der Waals surface area contributed by atoms with Gasteiger partial charge in [0, 0.05) is 18.5 Å². The van der Waals surface area contributed by atoms with E-state index in [9.17, 15) is 18.6 Å². The van der Waals surface area contributed by atoms with Crippen molar-refractivity contribution < 1.29 is 23.2 Å². The minimum Gasteiger partial charge on any atom is -0.508 e. The van der Waals surface area contributed by atoms with Gasteiger partial charge in [0.25, 0.3) is 0 Å². The molecule has 31 heavy (non-hydrogen) atoms. The van der Waals surface area contributed by atoms with Gasteiger partial charge in [-0.2, -0.15) is 12.7 Å². The van der Waals surface area contributed by atoms with Crippen molar-refractivity contribution in [1.29, 1.82) is 0 Å². The number of terminal acetylenes is 1. The molecule has 7 heteroatoms. The molecule has 1 aromatic carbocycles. The summed E-state index contributed by atoms with van der Waals surface area (Å²) in [7, 11) is -3.93. The van der Waals surface area contributed by atoms with E-state index in [0.717, 1.165) is 42.8 Å². The number of aliphatic hydroxyl groups is 1. The molecule has 172 valence electrons. The Kier molecular flexibility index (Phi) is 6.79. The van der Waals surface area contributed by atoms with E-state index in [1.54, 1.807) is 13.8 Å². The largest absolute Gasteiger partial charge is 0.508 e.